The highest BCUT2D eigenvalue weighted by atomic mass is 35.5. The summed E-state index contributed by atoms with van der Waals surface area (Å²) in [5, 5.41) is 8.12. The van der Waals surface area contributed by atoms with E-state index in [1.165, 1.54) is 17.5 Å². The van der Waals surface area contributed by atoms with Gasteiger partial charge in [0.15, 0.2) is 10.9 Å². The molecule has 9 heteroatoms. The molecule has 0 saturated carbocycles. The smallest absolute Gasteiger partial charge is 0.231 e. The highest BCUT2D eigenvalue weighted by molar-refractivity contribution is 7.70. The van der Waals surface area contributed by atoms with Crippen LogP contribution in [0.2, 0.25) is 5.02 Å². The third-order valence-electron chi connectivity index (χ3n) is 3.99. The van der Waals surface area contributed by atoms with E-state index in [2.05, 4.69) is 25.6 Å². The third-order valence-corrected chi connectivity index (χ3v) is 6.77. The van der Waals surface area contributed by atoms with Gasteiger partial charge in [0.1, 0.15) is 12.2 Å². The van der Waals surface area contributed by atoms with Crippen molar-refractivity contribution >= 4 is 68.2 Å². The van der Waals surface area contributed by atoms with Gasteiger partial charge < -0.3 is 9.88 Å². The number of thiazole rings is 1. The molecule has 0 aliphatic rings. The maximum Gasteiger partial charge on any atom is 0.231 e. The summed E-state index contributed by atoms with van der Waals surface area (Å²) in [6, 6.07) is 15.3. The molecule has 2 heterocycles. The van der Waals surface area contributed by atoms with E-state index in [-0.39, 0.29) is 0 Å². The van der Waals surface area contributed by atoms with Crippen LogP contribution in [-0.4, -0.2) is 28.3 Å². The molecule has 2 N–H and O–H groups in total. The number of aromatic nitrogens is 3. The fourth-order valence-corrected chi connectivity index (χ4v) is 4.87. The molecule has 0 unspecified atom stereocenters. The van der Waals surface area contributed by atoms with Crippen LogP contribution < -0.4 is 15.9 Å². The average Bonchev–Trinajstić information content (AvgIpc) is 3.06. The Kier molecular flexibility index (Phi) is 5.06. The van der Waals surface area contributed by atoms with Gasteiger partial charge in [-0.3, -0.25) is 5.32 Å². The normalized spacial score (nSPS) is 11.5. The monoisotopic (exact) mass is 429 g/mol. The Labute approximate surface area is 171 Å². The Morgan fingerprint density at radius 2 is 1.75 bits per heavy atom. The van der Waals surface area contributed by atoms with E-state index in [0.29, 0.717) is 27.6 Å². The van der Waals surface area contributed by atoms with E-state index in [1.54, 1.807) is 13.3 Å². The van der Waals surface area contributed by atoms with Crippen molar-refractivity contribution in [3.8, 4) is 0 Å². The van der Waals surface area contributed by atoms with Crippen LogP contribution in [0.15, 0.2) is 54.7 Å². The minimum Gasteiger partial charge on any atom is -0.338 e. The average molecular weight is 430 g/mol. The van der Waals surface area contributed by atoms with Crippen molar-refractivity contribution in [3.63, 3.8) is 0 Å². The highest BCUT2D eigenvalue weighted by Gasteiger charge is 2.17. The summed E-state index contributed by atoms with van der Waals surface area (Å²) in [6.07, 6.45) is 1.52. The van der Waals surface area contributed by atoms with Gasteiger partial charge in [-0.1, -0.05) is 47.2 Å². The summed E-state index contributed by atoms with van der Waals surface area (Å²) < 4.78 is 13.7. The van der Waals surface area contributed by atoms with E-state index in [9.17, 15) is 4.57 Å². The van der Waals surface area contributed by atoms with Gasteiger partial charge in [0.05, 0.1) is 22.1 Å². The number of benzene rings is 2. The first-order valence-electron chi connectivity index (χ1n) is 8.47. The molecular formula is C19H17ClN5OPS. The van der Waals surface area contributed by atoms with Gasteiger partial charge >= 0.3 is 0 Å². The van der Waals surface area contributed by atoms with Crippen LogP contribution in [0.3, 0.4) is 0 Å². The zero-order valence-corrected chi connectivity index (χ0v) is 17.6. The molecule has 4 rings (SSSR count). The fraction of sp³-hybridized carbons (Fsp3) is 0.105. The van der Waals surface area contributed by atoms with E-state index >= 15 is 0 Å². The van der Waals surface area contributed by atoms with Crippen molar-refractivity contribution in [2.75, 3.05) is 24.0 Å². The maximum atomic E-state index is 12.6. The molecule has 0 saturated heterocycles. The van der Waals surface area contributed by atoms with Gasteiger partial charge in [-0.05, 0) is 37.6 Å². The second-order valence-electron chi connectivity index (χ2n) is 6.49. The van der Waals surface area contributed by atoms with Crippen molar-refractivity contribution in [2.24, 2.45) is 0 Å². The van der Waals surface area contributed by atoms with Crippen molar-refractivity contribution in [2.45, 2.75) is 0 Å². The minimum atomic E-state index is -2.46. The third kappa shape index (κ3) is 4.02. The summed E-state index contributed by atoms with van der Waals surface area (Å²) in [4.78, 5) is 13.2. The van der Waals surface area contributed by atoms with Crippen LogP contribution in [0.25, 0.3) is 10.2 Å². The number of nitrogens with one attached hydrogen (secondary N) is 2. The largest absolute Gasteiger partial charge is 0.338 e. The van der Waals surface area contributed by atoms with Crippen LogP contribution in [0.4, 0.5) is 22.6 Å². The van der Waals surface area contributed by atoms with Crippen LogP contribution in [-0.2, 0) is 4.57 Å². The number of para-hydroxylation sites is 2. The summed E-state index contributed by atoms with van der Waals surface area (Å²) in [5.41, 5.74) is 1.63. The quantitative estimate of drug-likeness (QED) is 0.409. The Balaban J connectivity index is 1.64. The number of hydrogen-bond donors (Lipinski definition) is 2. The van der Waals surface area contributed by atoms with E-state index in [1.807, 2.05) is 48.5 Å². The molecule has 0 fully saturated rings. The lowest BCUT2D eigenvalue weighted by Gasteiger charge is -2.15. The second-order valence-corrected chi connectivity index (χ2v) is 11.1. The van der Waals surface area contributed by atoms with E-state index in [0.717, 1.165) is 15.5 Å². The number of nitrogens with zero attached hydrogens (tertiary/aromatic N) is 3. The lowest BCUT2D eigenvalue weighted by atomic mass is 10.3. The second kappa shape index (κ2) is 7.51. The Morgan fingerprint density at radius 1 is 1.00 bits per heavy atom. The van der Waals surface area contributed by atoms with Crippen molar-refractivity contribution in [1.82, 2.24) is 15.0 Å². The molecule has 2 aromatic heterocycles. The van der Waals surface area contributed by atoms with Gasteiger partial charge in [-0.25, -0.2) is 9.97 Å². The Bertz CT molecular complexity index is 1170. The summed E-state index contributed by atoms with van der Waals surface area (Å²) in [6.45, 7) is 3.46. The number of hydrogen-bond acceptors (Lipinski definition) is 7. The molecule has 4 aromatic rings. The molecule has 6 nitrogen and oxygen atoms in total. The van der Waals surface area contributed by atoms with Gasteiger partial charge in [0, 0.05) is 5.30 Å². The molecule has 0 aliphatic heterocycles. The van der Waals surface area contributed by atoms with Crippen LogP contribution in [0.1, 0.15) is 0 Å². The molecular weight excluding hydrogens is 413 g/mol. The van der Waals surface area contributed by atoms with Crippen molar-refractivity contribution < 1.29 is 4.57 Å². The van der Waals surface area contributed by atoms with Gasteiger partial charge in [0.25, 0.3) is 0 Å². The number of fused-ring (bicyclic) bond motifs is 1. The highest BCUT2D eigenvalue weighted by Crippen LogP contribution is 2.38. The molecule has 142 valence electrons. The Hall–Kier alpha value is -2.47. The fourth-order valence-electron chi connectivity index (χ4n) is 2.71. The maximum absolute atomic E-state index is 12.6. The first-order chi connectivity index (χ1) is 13.4. The lowest BCUT2D eigenvalue weighted by Crippen LogP contribution is -2.10. The Morgan fingerprint density at radius 3 is 2.54 bits per heavy atom. The van der Waals surface area contributed by atoms with Crippen LogP contribution >= 0.6 is 30.1 Å². The molecule has 2 aromatic carbocycles. The molecule has 28 heavy (non-hydrogen) atoms. The molecule has 0 radical (unpaired) electrons. The summed E-state index contributed by atoms with van der Waals surface area (Å²) in [7, 11) is -2.46. The first-order valence-corrected chi connectivity index (χ1v) is 12.3. The van der Waals surface area contributed by atoms with Gasteiger partial charge in [-0.15, -0.1) is 0 Å². The van der Waals surface area contributed by atoms with Crippen molar-refractivity contribution in [1.29, 1.82) is 0 Å². The number of anilines is 4. The predicted octanol–water partition coefficient (Wildman–Crippen LogP) is 5.47. The molecule has 0 bridgehead atoms. The number of halogens is 1. The minimum absolute atomic E-state index is 0.367. The predicted molar refractivity (Wildman–Crippen MR) is 119 cm³/mol. The lowest BCUT2D eigenvalue weighted by molar-refractivity contribution is 0.588. The van der Waals surface area contributed by atoms with Crippen molar-refractivity contribution in [3.05, 3.63) is 59.8 Å². The topological polar surface area (TPSA) is 79.8 Å². The zero-order valence-electron chi connectivity index (χ0n) is 15.2. The summed E-state index contributed by atoms with van der Waals surface area (Å²) in [5.74, 6) is 0.806. The van der Waals surface area contributed by atoms with Gasteiger partial charge in [0.2, 0.25) is 5.95 Å². The van der Waals surface area contributed by atoms with E-state index < -0.39 is 7.14 Å². The van der Waals surface area contributed by atoms with Crippen LogP contribution in [0, 0.1) is 0 Å². The van der Waals surface area contributed by atoms with E-state index in [4.69, 9.17) is 11.6 Å². The van der Waals surface area contributed by atoms with Crippen LogP contribution in [0.5, 0.6) is 0 Å². The van der Waals surface area contributed by atoms with Gasteiger partial charge in [-0.2, -0.15) is 4.98 Å². The standard InChI is InChI=1S/C19H17ClN5OPS/c1-27(2,26)15-9-5-3-7-13(15)22-17-12(20)11-21-18(24-17)25-19-23-14-8-4-6-10-16(14)28-19/h3-11H,1-2H3,(H2,21,22,23,24,25). The SMILES string of the molecule is CP(C)(=O)c1ccccc1Nc1nc(Nc2nc3ccccc3s2)ncc1Cl. The molecule has 0 aliphatic carbocycles. The molecule has 0 spiro atoms. The first kappa shape index (κ1) is 18.9. The zero-order chi connectivity index (χ0) is 19.7. The summed E-state index contributed by atoms with van der Waals surface area (Å²) >= 11 is 7.80. The number of rotatable bonds is 5. The molecule has 0 amide bonds. The molecule has 0 atom stereocenters.